The minimum Gasteiger partial charge on any atom is -0.454 e. The number of benzene rings is 2. The third kappa shape index (κ3) is 7.09. The molecule has 11 heteroatoms. The lowest BCUT2D eigenvalue weighted by Crippen LogP contribution is -2.50. The number of anilines is 1. The summed E-state index contributed by atoms with van der Waals surface area (Å²) in [6, 6.07) is 12.2. The number of aliphatic hydroxyl groups is 1. The Kier molecular flexibility index (Phi) is 11.3. The predicted octanol–water partition coefficient (Wildman–Crippen LogP) is 4.24. The van der Waals surface area contributed by atoms with E-state index >= 15 is 0 Å². The van der Waals surface area contributed by atoms with Gasteiger partial charge in [-0.25, -0.2) is 4.98 Å². The number of hydrogen-bond acceptors (Lipinski definition) is 7. The maximum Gasteiger partial charge on any atom is 0.271 e. The average Bonchev–Trinajstić information content (AvgIpc) is 3.53. The van der Waals surface area contributed by atoms with Gasteiger partial charge in [-0.3, -0.25) is 9.69 Å². The molecule has 1 unspecified atom stereocenters. The van der Waals surface area contributed by atoms with Gasteiger partial charge >= 0.3 is 0 Å². The van der Waals surface area contributed by atoms with E-state index in [4.69, 9.17) is 14.5 Å². The largest absolute Gasteiger partial charge is 0.454 e. The van der Waals surface area contributed by atoms with Crippen molar-refractivity contribution in [2.75, 3.05) is 51.0 Å². The topological polar surface area (TPSA) is 92.1 Å². The zero-order chi connectivity index (χ0) is 27.5. The van der Waals surface area contributed by atoms with Crippen molar-refractivity contribution in [2.24, 2.45) is 0 Å². The van der Waals surface area contributed by atoms with E-state index in [1.54, 1.807) is 0 Å². The molecule has 2 aromatic carbocycles. The molecule has 0 saturated carbocycles. The van der Waals surface area contributed by atoms with Crippen molar-refractivity contribution in [1.82, 2.24) is 19.8 Å². The van der Waals surface area contributed by atoms with Crippen LogP contribution in [-0.2, 0) is 6.42 Å². The Labute approximate surface area is 254 Å². The monoisotopic (exact) mass is 605 g/mol. The van der Waals surface area contributed by atoms with E-state index in [0.717, 1.165) is 56.2 Å². The van der Waals surface area contributed by atoms with Crippen LogP contribution in [0.15, 0.2) is 36.4 Å². The van der Waals surface area contributed by atoms with E-state index in [1.165, 1.54) is 16.8 Å². The molecule has 0 radical (unpaired) electrons. The number of amides is 1. The summed E-state index contributed by atoms with van der Waals surface area (Å²) < 4.78 is 13.0. The summed E-state index contributed by atoms with van der Waals surface area (Å²) in [5.41, 5.74) is 5.94. The van der Waals surface area contributed by atoms with Crippen LogP contribution in [0, 0.1) is 20.8 Å². The molecule has 9 nitrogen and oxygen atoms in total. The summed E-state index contributed by atoms with van der Waals surface area (Å²) in [7, 11) is 0. The molecular weight excluding hydrogens is 565 g/mol. The number of aromatic nitrogens is 2. The highest BCUT2D eigenvalue weighted by Crippen LogP contribution is 2.34. The number of rotatable bonds is 9. The predicted molar refractivity (Wildman–Crippen MR) is 166 cm³/mol. The van der Waals surface area contributed by atoms with Gasteiger partial charge in [0, 0.05) is 57.4 Å². The number of aryl methyl sites for hydroxylation is 2. The van der Waals surface area contributed by atoms with Crippen LogP contribution in [0.2, 0.25) is 0 Å². The minimum atomic E-state index is -0.660. The highest BCUT2D eigenvalue weighted by Gasteiger charge is 2.24. The first-order valence-corrected chi connectivity index (χ1v) is 13.8. The van der Waals surface area contributed by atoms with E-state index in [-0.39, 0.29) is 44.1 Å². The smallest absolute Gasteiger partial charge is 0.271 e. The molecule has 0 spiro atoms. The second-order valence-corrected chi connectivity index (χ2v) is 10.5. The molecule has 3 aromatic rings. The summed E-state index contributed by atoms with van der Waals surface area (Å²) >= 11 is 0. The van der Waals surface area contributed by atoms with Crippen molar-refractivity contribution in [3.8, 4) is 17.2 Å². The standard InChI is InChI=1S/C30H39N5O4.2ClH/c1-5-7-28-32-29(22(4)35(28)23-10-11-26-27(16-23)39-19-38-26)30(37)31-17-24(36)18-33-12-14-34(15-13-33)25-9-6-8-20(2)21(25)3;;/h6,8-11,16,24,36H,5,7,12-15,17-19H2,1-4H3,(H,31,37);2*1H. The summed E-state index contributed by atoms with van der Waals surface area (Å²) in [6.45, 7) is 12.8. The van der Waals surface area contributed by atoms with E-state index in [1.807, 2.05) is 29.7 Å². The lowest BCUT2D eigenvalue weighted by Gasteiger charge is -2.37. The first-order chi connectivity index (χ1) is 18.9. The van der Waals surface area contributed by atoms with Crippen LogP contribution in [0.4, 0.5) is 5.69 Å². The van der Waals surface area contributed by atoms with Gasteiger partial charge in [-0.2, -0.15) is 0 Å². The fraction of sp³-hybridized carbons (Fsp3) is 0.467. The maximum absolute atomic E-state index is 13.1. The van der Waals surface area contributed by atoms with Crippen molar-refractivity contribution < 1.29 is 19.4 Å². The second-order valence-electron chi connectivity index (χ2n) is 10.5. The van der Waals surface area contributed by atoms with Crippen molar-refractivity contribution in [3.05, 3.63) is 64.7 Å². The van der Waals surface area contributed by atoms with Gasteiger partial charge in [-0.05, 0) is 56.5 Å². The lowest BCUT2D eigenvalue weighted by atomic mass is 10.1. The summed E-state index contributed by atoms with van der Waals surface area (Å²) in [4.78, 5) is 22.5. The fourth-order valence-electron chi connectivity index (χ4n) is 5.44. The van der Waals surface area contributed by atoms with Gasteiger partial charge in [0.1, 0.15) is 11.5 Å². The molecule has 1 amide bonds. The minimum absolute atomic E-state index is 0. The van der Waals surface area contributed by atoms with Gasteiger partial charge in [-0.1, -0.05) is 19.1 Å². The number of hydrogen-bond donors (Lipinski definition) is 2. The Morgan fingerprint density at radius 1 is 1.05 bits per heavy atom. The van der Waals surface area contributed by atoms with Gasteiger partial charge in [0.15, 0.2) is 11.5 Å². The van der Waals surface area contributed by atoms with Crippen molar-refractivity contribution in [1.29, 1.82) is 0 Å². The molecule has 2 aliphatic heterocycles. The zero-order valence-corrected chi connectivity index (χ0v) is 25.8. The van der Waals surface area contributed by atoms with Gasteiger partial charge in [0.05, 0.1) is 17.5 Å². The van der Waals surface area contributed by atoms with Gasteiger partial charge in [0.25, 0.3) is 5.91 Å². The van der Waals surface area contributed by atoms with Crippen LogP contribution in [0.5, 0.6) is 11.5 Å². The number of aliphatic hydroxyl groups excluding tert-OH is 1. The van der Waals surface area contributed by atoms with E-state index < -0.39 is 6.10 Å². The van der Waals surface area contributed by atoms with Crippen LogP contribution in [0.3, 0.4) is 0 Å². The van der Waals surface area contributed by atoms with Gasteiger partial charge in [-0.15, -0.1) is 24.8 Å². The Morgan fingerprint density at radius 3 is 2.51 bits per heavy atom. The second kappa shape index (κ2) is 14.3. The first-order valence-electron chi connectivity index (χ1n) is 13.8. The zero-order valence-electron chi connectivity index (χ0n) is 24.2. The molecule has 2 N–H and O–H groups in total. The quantitative estimate of drug-likeness (QED) is 0.377. The van der Waals surface area contributed by atoms with E-state index in [0.29, 0.717) is 23.7 Å². The van der Waals surface area contributed by atoms with Gasteiger partial charge in [0.2, 0.25) is 6.79 Å². The lowest BCUT2D eigenvalue weighted by molar-refractivity contribution is 0.0847. The molecule has 2 aliphatic rings. The first kappa shape index (κ1) is 32.5. The van der Waals surface area contributed by atoms with E-state index in [2.05, 4.69) is 54.1 Å². The molecule has 1 saturated heterocycles. The van der Waals surface area contributed by atoms with Crippen LogP contribution in [-0.4, -0.2) is 77.6 Å². The molecule has 1 aromatic heterocycles. The molecule has 1 fully saturated rings. The van der Waals surface area contributed by atoms with Crippen LogP contribution >= 0.6 is 24.8 Å². The number of piperazine rings is 1. The van der Waals surface area contributed by atoms with Crippen LogP contribution in [0.1, 0.15) is 46.5 Å². The van der Waals surface area contributed by atoms with E-state index in [9.17, 15) is 9.90 Å². The summed E-state index contributed by atoms with van der Waals surface area (Å²) in [5.74, 6) is 1.95. The Morgan fingerprint density at radius 2 is 1.78 bits per heavy atom. The molecular formula is C30H41Cl2N5O4. The normalized spacial score (nSPS) is 15.2. The number of carbonyl (C=O) groups is 1. The number of nitrogens with one attached hydrogen (secondary N) is 1. The van der Waals surface area contributed by atoms with Crippen LogP contribution in [0.25, 0.3) is 5.69 Å². The molecule has 41 heavy (non-hydrogen) atoms. The van der Waals surface area contributed by atoms with Crippen molar-refractivity contribution >= 4 is 36.4 Å². The Balaban J connectivity index is 0.00000231. The molecule has 0 bridgehead atoms. The molecule has 1 atom stereocenters. The maximum atomic E-state index is 13.1. The number of β-amino-alcohol motifs (C(OH)–C–C–N with tert-alkyl or cyclic N) is 1. The van der Waals surface area contributed by atoms with Crippen LogP contribution < -0.4 is 19.7 Å². The SMILES string of the molecule is CCCc1nc(C(=O)NCC(O)CN2CCN(c3cccc(C)c3C)CC2)c(C)n1-c1ccc2c(c1)OCO2.Cl.Cl. The molecule has 224 valence electrons. The fourth-order valence-corrected chi connectivity index (χ4v) is 5.44. The third-order valence-corrected chi connectivity index (χ3v) is 7.74. The summed E-state index contributed by atoms with van der Waals surface area (Å²) in [6.07, 6.45) is 0.976. The highest BCUT2D eigenvalue weighted by atomic mass is 35.5. The molecule has 5 rings (SSSR count). The van der Waals surface area contributed by atoms with Crippen molar-refractivity contribution in [2.45, 2.75) is 46.6 Å². The Bertz CT molecular complexity index is 1340. The number of carbonyl (C=O) groups excluding carboxylic acids is 1. The molecule has 0 aliphatic carbocycles. The highest BCUT2D eigenvalue weighted by molar-refractivity contribution is 5.93. The van der Waals surface area contributed by atoms with Crippen molar-refractivity contribution in [3.63, 3.8) is 0 Å². The number of ether oxygens (including phenoxy) is 2. The number of imidazole rings is 1. The Hall–Kier alpha value is -2.98. The van der Waals surface area contributed by atoms with Gasteiger partial charge < -0.3 is 29.4 Å². The summed E-state index contributed by atoms with van der Waals surface area (Å²) in [5, 5.41) is 13.6. The average molecular weight is 607 g/mol. The number of halogens is 2. The number of fused-ring (bicyclic) bond motifs is 1. The third-order valence-electron chi connectivity index (χ3n) is 7.74. The number of nitrogens with zero attached hydrogens (tertiary/aromatic N) is 4. The molecule has 3 heterocycles.